The third kappa shape index (κ3) is 4.16. The minimum atomic E-state index is -0.667. The van der Waals surface area contributed by atoms with Crippen molar-refractivity contribution in [2.75, 3.05) is 18.5 Å². The van der Waals surface area contributed by atoms with Crippen LogP contribution in [0, 0.1) is 0 Å². The van der Waals surface area contributed by atoms with Gasteiger partial charge in [0.05, 0.1) is 0 Å². The molecule has 1 atom stereocenters. The molecule has 3 N–H and O–H groups in total. The van der Waals surface area contributed by atoms with E-state index in [4.69, 9.17) is 4.74 Å². The average Bonchev–Trinajstić information content (AvgIpc) is 2.66. The number of nitrogens with one attached hydrogen (secondary N) is 1. The molecule has 0 bridgehead atoms. The van der Waals surface area contributed by atoms with Gasteiger partial charge in [0.25, 0.3) is 0 Å². The number of hydrogen-bond donors (Lipinski definition) is 3. The van der Waals surface area contributed by atoms with E-state index in [9.17, 15) is 10.2 Å². The van der Waals surface area contributed by atoms with Crippen LogP contribution in [0.5, 0.6) is 11.5 Å². The molecule has 0 fully saturated rings. The summed E-state index contributed by atoms with van der Waals surface area (Å²) in [6, 6.07) is 18.8. The van der Waals surface area contributed by atoms with Crippen molar-refractivity contribution in [1.82, 2.24) is 0 Å². The van der Waals surface area contributed by atoms with Gasteiger partial charge < -0.3 is 20.3 Å². The van der Waals surface area contributed by atoms with E-state index in [1.807, 2.05) is 54.6 Å². The number of aliphatic hydroxyl groups excluding tert-OH is 1. The van der Waals surface area contributed by atoms with Crippen LogP contribution in [0.25, 0.3) is 10.8 Å². The Hall–Kier alpha value is -2.98. The number of anilines is 1. The number of phenolic OH excluding ortho intramolecular Hbond substituents is 1. The van der Waals surface area contributed by atoms with E-state index in [0.29, 0.717) is 6.54 Å². The quantitative estimate of drug-likeness (QED) is 0.535. The lowest BCUT2D eigenvalue weighted by Gasteiger charge is -2.16. The second-order valence-electron chi connectivity index (χ2n) is 6.12. The number of aromatic hydroxyl groups is 1. The van der Waals surface area contributed by atoms with Gasteiger partial charge in [-0.2, -0.15) is 0 Å². The van der Waals surface area contributed by atoms with Crippen LogP contribution in [-0.2, 0) is 6.42 Å². The molecule has 0 amide bonds. The Morgan fingerprint density at radius 3 is 2.62 bits per heavy atom. The molecule has 3 rings (SSSR count). The van der Waals surface area contributed by atoms with Gasteiger partial charge in [0.1, 0.15) is 24.2 Å². The smallest absolute Gasteiger partial charge is 0.123 e. The minimum Gasteiger partial charge on any atom is -0.507 e. The Labute approximate surface area is 153 Å². The predicted molar refractivity (Wildman–Crippen MR) is 106 cm³/mol. The topological polar surface area (TPSA) is 61.7 Å². The highest BCUT2D eigenvalue weighted by molar-refractivity contribution is 5.97. The summed E-state index contributed by atoms with van der Waals surface area (Å²) < 4.78 is 5.77. The van der Waals surface area contributed by atoms with Gasteiger partial charge in [0, 0.05) is 23.0 Å². The number of rotatable bonds is 8. The number of phenols is 1. The Bertz CT molecular complexity index is 891. The normalized spacial score (nSPS) is 11.9. The molecule has 1 unspecified atom stereocenters. The molecule has 3 aromatic carbocycles. The van der Waals surface area contributed by atoms with Crippen molar-refractivity contribution in [2.24, 2.45) is 0 Å². The molecule has 134 valence electrons. The summed E-state index contributed by atoms with van der Waals surface area (Å²) in [5.41, 5.74) is 1.91. The van der Waals surface area contributed by atoms with E-state index in [0.717, 1.165) is 34.2 Å². The summed E-state index contributed by atoms with van der Waals surface area (Å²) in [6.07, 6.45) is 1.89. The summed E-state index contributed by atoms with van der Waals surface area (Å²) in [7, 11) is 0. The Morgan fingerprint density at radius 1 is 1.00 bits per heavy atom. The van der Waals surface area contributed by atoms with Crippen LogP contribution in [0.2, 0.25) is 0 Å². The highest BCUT2D eigenvalue weighted by Gasteiger charge is 2.09. The number of benzene rings is 3. The zero-order valence-electron chi connectivity index (χ0n) is 14.6. The lowest BCUT2D eigenvalue weighted by molar-refractivity contribution is 0.117. The first-order valence-electron chi connectivity index (χ1n) is 8.63. The molecule has 0 aliphatic heterocycles. The Kier molecular flexibility index (Phi) is 5.77. The molecule has 3 aromatic rings. The lowest BCUT2D eigenvalue weighted by atomic mass is 10.1. The second kappa shape index (κ2) is 8.41. The maximum Gasteiger partial charge on any atom is 0.123 e. The Balaban J connectivity index is 1.61. The lowest BCUT2D eigenvalue weighted by Crippen LogP contribution is -2.26. The molecule has 0 saturated carbocycles. The van der Waals surface area contributed by atoms with Crippen LogP contribution < -0.4 is 10.1 Å². The molecule has 0 saturated heterocycles. The van der Waals surface area contributed by atoms with E-state index < -0.39 is 6.10 Å². The summed E-state index contributed by atoms with van der Waals surface area (Å²) >= 11 is 0. The van der Waals surface area contributed by atoms with Gasteiger partial charge >= 0.3 is 0 Å². The molecule has 4 nitrogen and oxygen atoms in total. The Morgan fingerprint density at radius 2 is 1.77 bits per heavy atom. The molecule has 0 spiro atoms. The first-order chi connectivity index (χ1) is 12.7. The van der Waals surface area contributed by atoms with Crippen LogP contribution >= 0.6 is 0 Å². The van der Waals surface area contributed by atoms with Gasteiger partial charge in [-0.15, -0.1) is 6.58 Å². The molecular weight excluding hydrogens is 326 g/mol. The van der Waals surface area contributed by atoms with Crippen molar-refractivity contribution >= 4 is 16.5 Å². The fourth-order valence-corrected chi connectivity index (χ4v) is 2.89. The van der Waals surface area contributed by atoms with Crippen molar-refractivity contribution in [3.63, 3.8) is 0 Å². The fourth-order valence-electron chi connectivity index (χ4n) is 2.89. The summed E-state index contributed by atoms with van der Waals surface area (Å²) in [6.45, 7) is 4.29. The van der Waals surface area contributed by atoms with Crippen molar-refractivity contribution in [2.45, 2.75) is 12.5 Å². The third-order valence-corrected chi connectivity index (χ3v) is 4.20. The van der Waals surface area contributed by atoms with Crippen LogP contribution in [0.3, 0.4) is 0 Å². The first kappa shape index (κ1) is 17.8. The van der Waals surface area contributed by atoms with E-state index in [1.165, 1.54) is 0 Å². The molecule has 26 heavy (non-hydrogen) atoms. The first-order valence-corrected chi connectivity index (χ1v) is 8.63. The number of hydrogen-bond acceptors (Lipinski definition) is 4. The van der Waals surface area contributed by atoms with Gasteiger partial charge in [-0.25, -0.2) is 0 Å². The monoisotopic (exact) mass is 349 g/mol. The van der Waals surface area contributed by atoms with Crippen LogP contribution in [0.4, 0.5) is 5.69 Å². The van der Waals surface area contributed by atoms with Crippen molar-refractivity contribution in [3.05, 3.63) is 78.9 Å². The van der Waals surface area contributed by atoms with Gasteiger partial charge in [-0.1, -0.05) is 48.5 Å². The maximum absolute atomic E-state index is 10.3. The zero-order chi connectivity index (χ0) is 18.4. The SMILES string of the molecule is C=CCc1ccccc1OCC(O)CNc1cccc2c(O)cccc12. The molecule has 4 heteroatoms. The largest absolute Gasteiger partial charge is 0.507 e. The van der Waals surface area contributed by atoms with Crippen molar-refractivity contribution in [1.29, 1.82) is 0 Å². The van der Waals surface area contributed by atoms with E-state index in [-0.39, 0.29) is 12.4 Å². The van der Waals surface area contributed by atoms with Crippen LogP contribution in [0.15, 0.2) is 73.3 Å². The zero-order valence-corrected chi connectivity index (χ0v) is 14.6. The second-order valence-corrected chi connectivity index (χ2v) is 6.12. The van der Waals surface area contributed by atoms with Crippen LogP contribution in [-0.4, -0.2) is 29.5 Å². The van der Waals surface area contributed by atoms with E-state index >= 15 is 0 Å². The molecule has 0 aliphatic carbocycles. The molecule has 0 radical (unpaired) electrons. The number of fused-ring (bicyclic) bond motifs is 1. The van der Waals surface area contributed by atoms with Gasteiger partial charge in [-0.3, -0.25) is 0 Å². The van der Waals surface area contributed by atoms with E-state index in [2.05, 4.69) is 11.9 Å². The molecular formula is C22H23NO3. The molecule has 0 aliphatic rings. The summed E-state index contributed by atoms with van der Waals surface area (Å²) in [5.74, 6) is 1.01. The fraction of sp³-hybridized carbons (Fsp3) is 0.182. The number of ether oxygens (including phenoxy) is 1. The van der Waals surface area contributed by atoms with E-state index in [1.54, 1.807) is 12.1 Å². The molecule has 0 aromatic heterocycles. The summed E-state index contributed by atoms with van der Waals surface area (Å²) in [4.78, 5) is 0. The van der Waals surface area contributed by atoms with Gasteiger partial charge in [0.15, 0.2) is 0 Å². The number of allylic oxidation sites excluding steroid dienone is 1. The van der Waals surface area contributed by atoms with Gasteiger partial charge in [-0.05, 0) is 30.2 Å². The highest BCUT2D eigenvalue weighted by atomic mass is 16.5. The number of aliphatic hydroxyl groups is 1. The standard InChI is InChI=1S/C22H23NO3/c1-2-7-16-8-3-4-13-22(16)26-15-17(24)14-23-20-11-5-10-19-18(20)9-6-12-21(19)25/h2-6,8-13,17,23-25H,1,7,14-15H2. The highest BCUT2D eigenvalue weighted by Crippen LogP contribution is 2.29. The van der Waals surface area contributed by atoms with Crippen LogP contribution in [0.1, 0.15) is 5.56 Å². The third-order valence-electron chi connectivity index (χ3n) is 4.20. The maximum atomic E-state index is 10.3. The molecule has 0 heterocycles. The van der Waals surface area contributed by atoms with Crippen molar-refractivity contribution in [3.8, 4) is 11.5 Å². The summed E-state index contributed by atoms with van der Waals surface area (Å²) in [5, 5.41) is 25.1. The average molecular weight is 349 g/mol. The number of para-hydroxylation sites is 1. The van der Waals surface area contributed by atoms with Gasteiger partial charge in [0.2, 0.25) is 0 Å². The predicted octanol–water partition coefficient (Wildman–Crippen LogP) is 4.13. The van der Waals surface area contributed by atoms with Crippen molar-refractivity contribution < 1.29 is 14.9 Å². The minimum absolute atomic E-state index is 0.192.